The van der Waals surface area contributed by atoms with Crippen molar-refractivity contribution < 1.29 is 9.53 Å². The van der Waals surface area contributed by atoms with E-state index in [-0.39, 0.29) is 11.5 Å². The molecule has 0 bridgehead atoms. The Morgan fingerprint density at radius 1 is 1.39 bits per heavy atom. The van der Waals surface area contributed by atoms with Gasteiger partial charge in [0.2, 0.25) is 0 Å². The van der Waals surface area contributed by atoms with Crippen LogP contribution >= 0.6 is 34.7 Å². The first-order chi connectivity index (χ1) is 11.2. The zero-order valence-corrected chi connectivity index (χ0v) is 14.5. The highest BCUT2D eigenvalue weighted by atomic mass is 35.5. The Labute approximate surface area is 146 Å². The molecule has 2 aromatic heterocycles. The summed E-state index contributed by atoms with van der Waals surface area (Å²) in [5.74, 6) is 1.04. The molecule has 0 radical (unpaired) electrons. The normalized spacial score (nSPS) is 10.7. The van der Waals surface area contributed by atoms with E-state index < -0.39 is 0 Å². The molecular weight excluding hydrogens is 354 g/mol. The van der Waals surface area contributed by atoms with Crippen LogP contribution in [0.4, 0.5) is 0 Å². The summed E-state index contributed by atoms with van der Waals surface area (Å²) in [6, 6.07) is 11.0. The van der Waals surface area contributed by atoms with Crippen molar-refractivity contribution in [1.29, 1.82) is 0 Å². The molecule has 0 atom stereocenters. The van der Waals surface area contributed by atoms with E-state index in [9.17, 15) is 4.79 Å². The van der Waals surface area contributed by atoms with Gasteiger partial charge in [-0.15, -0.1) is 21.5 Å². The SMILES string of the molecule is COc1cccc(-n2cnnc2SCC(=O)c2ccc(Cl)s2)c1. The van der Waals surface area contributed by atoms with Crippen LogP contribution < -0.4 is 4.74 Å². The molecule has 0 unspecified atom stereocenters. The highest BCUT2D eigenvalue weighted by Crippen LogP contribution is 2.26. The third kappa shape index (κ3) is 3.74. The van der Waals surface area contributed by atoms with E-state index in [1.165, 1.54) is 23.1 Å². The van der Waals surface area contributed by atoms with Crippen LogP contribution in [-0.4, -0.2) is 33.4 Å². The topological polar surface area (TPSA) is 57.0 Å². The molecule has 2 heterocycles. The Morgan fingerprint density at radius 3 is 3.00 bits per heavy atom. The van der Waals surface area contributed by atoms with Crippen molar-refractivity contribution in [3.63, 3.8) is 0 Å². The highest BCUT2D eigenvalue weighted by Gasteiger charge is 2.13. The number of rotatable bonds is 6. The maximum atomic E-state index is 12.2. The molecule has 0 amide bonds. The number of methoxy groups -OCH3 is 1. The number of hydrogen-bond acceptors (Lipinski definition) is 6. The average molecular weight is 366 g/mol. The Morgan fingerprint density at radius 2 is 2.26 bits per heavy atom. The number of hydrogen-bond donors (Lipinski definition) is 0. The average Bonchev–Trinajstić information content (AvgIpc) is 3.21. The second kappa shape index (κ2) is 7.16. The third-order valence-corrected chi connectivity index (χ3v) is 5.24. The standard InChI is InChI=1S/C15H12ClN3O2S2/c1-21-11-4-2-3-10(7-11)19-9-17-18-15(19)22-8-12(20)13-5-6-14(16)23-13/h2-7,9H,8H2,1H3. The van der Waals surface area contributed by atoms with Gasteiger partial charge in [0, 0.05) is 6.07 Å². The summed E-state index contributed by atoms with van der Waals surface area (Å²) < 4.78 is 7.66. The van der Waals surface area contributed by atoms with Crippen molar-refractivity contribution >= 4 is 40.5 Å². The van der Waals surface area contributed by atoms with Gasteiger partial charge in [-0.3, -0.25) is 9.36 Å². The summed E-state index contributed by atoms with van der Waals surface area (Å²) in [7, 11) is 1.62. The molecule has 3 aromatic rings. The summed E-state index contributed by atoms with van der Waals surface area (Å²) in [4.78, 5) is 12.8. The monoisotopic (exact) mass is 365 g/mol. The van der Waals surface area contributed by atoms with Gasteiger partial charge in [-0.2, -0.15) is 0 Å². The number of thioether (sulfide) groups is 1. The van der Waals surface area contributed by atoms with Gasteiger partial charge >= 0.3 is 0 Å². The lowest BCUT2D eigenvalue weighted by Gasteiger charge is -2.07. The lowest BCUT2D eigenvalue weighted by Crippen LogP contribution is -2.02. The fourth-order valence-electron chi connectivity index (χ4n) is 1.93. The highest BCUT2D eigenvalue weighted by molar-refractivity contribution is 7.99. The molecule has 5 nitrogen and oxygen atoms in total. The van der Waals surface area contributed by atoms with Crippen LogP contribution in [0.1, 0.15) is 9.67 Å². The minimum absolute atomic E-state index is 0.0205. The maximum absolute atomic E-state index is 12.2. The van der Waals surface area contributed by atoms with Gasteiger partial charge in [-0.25, -0.2) is 0 Å². The predicted octanol–water partition coefficient (Wildman–Crippen LogP) is 3.97. The number of aromatic nitrogens is 3. The Bertz CT molecular complexity index is 832. The summed E-state index contributed by atoms with van der Waals surface area (Å²) in [6.45, 7) is 0. The first-order valence-electron chi connectivity index (χ1n) is 6.63. The lowest BCUT2D eigenvalue weighted by molar-refractivity contribution is 0.102. The third-order valence-electron chi connectivity index (χ3n) is 3.03. The largest absolute Gasteiger partial charge is 0.497 e. The van der Waals surface area contributed by atoms with E-state index in [1.54, 1.807) is 25.6 Å². The van der Waals surface area contributed by atoms with Crippen molar-refractivity contribution in [3.8, 4) is 11.4 Å². The number of carbonyl (C=O) groups excluding carboxylic acids is 1. The minimum Gasteiger partial charge on any atom is -0.497 e. The van der Waals surface area contributed by atoms with E-state index in [2.05, 4.69) is 10.2 Å². The summed E-state index contributed by atoms with van der Waals surface area (Å²) in [5.41, 5.74) is 0.878. The van der Waals surface area contributed by atoms with E-state index in [4.69, 9.17) is 16.3 Å². The molecule has 0 N–H and O–H groups in total. The first kappa shape index (κ1) is 16.0. The second-order valence-corrected chi connectivity index (χ2v) is 7.16. The number of ether oxygens (including phenoxy) is 1. The number of carbonyl (C=O) groups is 1. The van der Waals surface area contributed by atoms with Crippen LogP contribution in [0.2, 0.25) is 4.34 Å². The van der Waals surface area contributed by atoms with Crippen LogP contribution in [0.5, 0.6) is 5.75 Å². The number of halogens is 1. The predicted molar refractivity (Wildman–Crippen MR) is 92.3 cm³/mol. The molecule has 3 rings (SSSR count). The van der Waals surface area contributed by atoms with Gasteiger partial charge < -0.3 is 4.74 Å². The van der Waals surface area contributed by atoms with Crippen molar-refractivity contribution in [1.82, 2.24) is 14.8 Å². The van der Waals surface area contributed by atoms with Gasteiger partial charge in [0.15, 0.2) is 10.9 Å². The van der Waals surface area contributed by atoms with Gasteiger partial charge in [-0.1, -0.05) is 29.4 Å². The summed E-state index contributed by atoms with van der Waals surface area (Å²) >= 11 is 8.48. The molecule has 0 aliphatic rings. The zero-order valence-electron chi connectivity index (χ0n) is 12.1. The number of Topliss-reactive ketones (excluding diaryl/α,β-unsaturated/α-hetero) is 1. The Kier molecular flexibility index (Phi) is 5.00. The quantitative estimate of drug-likeness (QED) is 0.488. The minimum atomic E-state index is 0.0205. The zero-order chi connectivity index (χ0) is 16.2. The number of thiophene rings is 1. The first-order valence-corrected chi connectivity index (χ1v) is 8.81. The summed E-state index contributed by atoms with van der Waals surface area (Å²) in [6.07, 6.45) is 1.61. The molecule has 0 fully saturated rings. The molecular formula is C15H12ClN3O2S2. The van der Waals surface area contributed by atoms with Crippen molar-refractivity contribution in [2.75, 3.05) is 12.9 Å². The van der Waals surface area contributed by atoms with Crippen molar-refractivity contribution in [2.45, 2.75) is 5.16 Å². The molecule has 0 saturated heterocycles. The molecule has 118 valence electrons. The van der Waals surface area contributed by atoms with E-state index in [1.807, 2.05) is 28.8 Å². The van der Waals surface area contributed by atoms with E-state index in [0.717, 1.165) is 11.4 Å². The number of benzene rings is 1. The molecule has 0 aliphatic heterocycles. The van der Waals surface area contributed by atoms with Crippen LogP contribution in [0.25, 0.3) is 5.69 Å². The van der Waals surface area contributed by atoms with E-state index >= 15 is 0 Å². The van der Waals surface area contributed by atoms with Gasteiger partial charge in [-0.05, 0) is 24.3 Å². The van der Waals surface area contributed by atoms with Gasteiger partial charge in [0.1, 0.15) is 12.1 Å². The number of ketones is 1. The fraction of sp³-hybridized carbons (Fsp3) is 0.133. The molecule has 0 aliphatic carbocycles. The maximum Gasteiger partial charge on any atom is 0.196 e. The van der Waals surface area contributed by atoms with Gasteiger partial charge in [0.05, 0.1) is 27.8 Å². The van der Waals surface area contributed by atoms with E-state index in [0.29, 0.717) is 14.4 Å². The van der Waals surface area contributed by atoms with Crippen molar-refractivity contribution in [2.24, 2.45) is 0 Å². The Hall–Kier alpha value is -1.83. The van der Waals surface area contributed by atoms with Crippen LogP contribution in [0.15, 0.2) is 47.9 Å². The smallest absolute Gasteiger partial charge is 0.196 e. The molecule has 0 spiro atoms. The van der Waals surface area contributed by atoms with Crippen LogP contribution in [0.3, 0.4) is 0 Å². The lowest BCUT2D eigenvalue weighted by atomic mass is 10.3. The fourth-order valence-corrected chi connectivity index (χ4v) is 3.81. The number of nitrogens with zero attached hydrogens (tertiary/aromatic N) is 3. The molecule has 8 heteroatoms. The summed E-state index contributed by atoms with van der Waals surface area (Å²) in [5, 5.41) is 8.66. The Balaban J connectivity index is 1.75. The van der Waals surface area contributed by atoms with Crippen LogP contribution in [0, 0.1) is 0 Å². The second-order valence-electron chi connectivity index (χ2n) is 4.50. The molecule has 0 saturated carbocycles. The van der Waals surface area contributed by atoms with Crippen LogP contribution in [-0.2, 0) is 0 Å². The van der Waals surface area contributed by atoms with Crippen molar-refractivity contribution in [3.05, 3.63) is 51.9 Å². The van der Waals surface area contributed by atoms with Gasteiger partial charge in [0.25, 0.3) is 0 Å². The molecule has 1 aromatic carbocycles. The molecule has 23 heavy (non-hydrogen) atoms.